The smallest absolute Gasteiger partial charge is 0.233 e. The number of oxazole rings is 1. The first-order valence-corrected chi connectivity index (χ1v) is 13.6. The zero-order chi connectivity index (χ0) is 26.7. The number of hydrogen-bond donors (Lipinski definition) is 1. The molecule has 0 aliphatic carbocycles. The van der Waals surface area contributed by atoms with Crippen molar-refractivity contribution in [2.45, 2.75) is 23.3 Å². The van der Waals surface area contributed by atoms with Gasteiger partial charge in [-0.3, -0.25) is 0 Å². The van der Waals surface area contributed by atoms with Crippen LogP contribution in [0.4, 0.5) is 5.88 Å². The van der Waals surface area contributed by atoms with Crippen molar-refractivity contribution in [3.63, 3.8) is 0 Å². The molecule has 0 fully saturated rings. The average Bonchev–Trinajstić information content (AvgIpc) is 3.37. The van der Waals surface area contributed by atoms with E-state index in [0.29, 0.717) is 54.7 Å². The highest BCUT2D eigenvalue weighted by Crippen LogP contribution is 2.37. The molecule has 1 N–H and O–H groups in total. The summed E-state index contributed by atoms with van der Waals surface area (Å²) in [5, 5.41) is 2.94. The Bertz CT molecular complexity index is 1560. The van der Waals surface area contributed by atoms with Crippen LogP contribution in [0.2, 0.25) is 0 Å². The van der Waals surface area contributed by atoms with Crippen molar-refractivity contribution >= 4 is 15.7 Å². The van der Waals surface area contributed by atoms with Crippen LogP contribution in [0.25, 0.3) is 11.5 Å². The van der Waals surface area contributed by atoms with E-state index in [1.165, 1.54) is 12.1 Å². The molecule has 0 radical (unpaired) electrons. The topological polar surface area (TPSA) is 109 Å². The van der Waals surface area contributed by atoms with Gasteiger partial charge in [-0.1, -0.05) is 24.3 Å². The van der Waals surface area contributed by atoms with Gasteiger partial charge in [0.2, 0.25) is 26.6 Å². The summed E-state index contributed by atoms with van der Waals surface area (Å²) in [7, 11) is -0.895. The molecular formula is C28H28N2O7S. The molecule has 9 nitrogen and oxygen atoms in total. The van der Waals surface area contributed by atoms with Gasteiger partial charge in [-0.05, 0) is 54.8 Å². The van der Waals surface area contributed by atoms with E-state index in [1.807, 2.05) is 49.4 Å². The Morgan fingerprint density at radius 1 is 0.921 bits per heavy atom. The van der Waals surface area contributed by atoms with E-state index in [-0.39, 0.29) is 21.7 Å². The van der Waals surface area contributed by atoms with Crippen LogP contribution in [0.5, 0.6) is 23.0 Å². The summed E-state index contributed by atoms with van der Waals surface area (Å²) in [6.45, 7) is 3.07. The number of aromatic nitrogens is 1. The van der Waals surface area contributed by atoms with Gasteiger partial charge in [-0.15, -0.1) is 0 Å². The monoisotopic (exact) mass is 536 g/mol. The molecular weight excluding hydrogens is 508 g/mol. The summed E-state index contributed by atoms with van der Waals surface area (Å²) in [5.74, 6) is 2.42. The van der Waals surface area contributed by atoms with Gasteiger partial charge in [0.25, 0.3) is 0 Å². The number of ether oxygens (including phenoxy) is 4. The maximum absolute atomic E-state index is 13.8. The van der Waals surface area contributed by atoms with Crippen molar-refractivity contribution in [1.82, 2.24) is 4.98 Å². The molecule has 1 aromatic heterocycles. The van der Waals surface area contributed by atoms with Gasteiger partial charge in [-0.2, -0.15) is 4.98 Å². The van der Waals surface area contributed by atoms with Crippen LogP contribution in [-0.4, -0.2) is 47.4 Å². The third-order valence-corrected chi connectivity index (χ3v) is 7.86. The number of anilines is 1. The fraction of sp³-hybridized carbons (Fsp3) is 0.250. The Balaban J connectivity index is 1.47. The number of rotatable bonds is 9. The SMILES string of the molecule is COc1ccc(CCNc2oc(-c3ccccc3C)nc2S(=O)(=O)c2ccc3c(c2)OCCO3)cc1OC. The third kappa shape index (κ3) is 4.99. The van der Waals surface area contributed by atoms with E-state index in [9.17, 15) is 8.42 Å². The molecule has 5 rings (SSSR count). The summed E-state index contributed by atoms with van der Waals surface area (Å²) in [4.78, 5) is 4.49. The molecule has 38 heavy (non-hydrogen) atoms. The standard InChI is InChI=1S/C28H28N2O7S/c1-18-6-4-5-7-21(18)26-30-28(38(31,32)20-9-11-23-25(17-20)36-15-14-35-23)27(37-26)29-13-12-19-8-10-22(33-2)24(16-19)34-3/h4-11,16-17,29H,12-15H2,1-3H3. The Kier molecular flexibility index (Phi) is 7.15. The second kappa shape index (κ2) is 10.7. The van der Waals surface area contributed by atoms with E-state index in [2.05, 4.69) is 10.3 Å². The van der Waals surface area contributed by atoms with Crippen LogP contribution >= 0.6 is 0 Å². The van der Waals surface area contributed by atoms with Gasteiger partial charge >= 0.3 is 0 Å². The summed E-state index contributed by atoms with van der Waals surface area (Å²) in [5.41, 5.74) is 2.60. The predicted octanol–water partition coefficient (Wildman–Crippen LogP) is 4.93. The van der Waals surface area contributed by atoms with Gasteiger partial charge in [0, 0.05) is 18.2 Å². The lowest BCUT2D eigenvalue weighted by Gasteiger charge is -2.18. The summed E-state index contributed by atoms with van der Waals surface area (Å²) in [6, 6.07) is 17.7. The van der Waals surface area contributed by atoms with Gasteiger partial charge in [0.15, 0.2) is 23.0 Å². The van der Waals surface area contributed by atoms with Crippen LogP contribution < -0.4 is 24.3 Å². The first kappa shape index (κ1) is 25.5. The summed E-state index contributed by atoms with van der Waals surface area (Å²) < 4.78 is 55.4. The maximum Gasteiger partial charge on any atom is 0.233 e. The quantitative estimate of drug-likeness (QED) is 0.319. The number of hydrogen-bond acceptors (Lipinski definition) is 9. The Morgan fingerprint density at radius 2 is 1.68 bits per heavy atom. The Morgan fingerprint density at radius 3 is 2.45 bits per heavy atom. The lowest BCUT2D eigenvalue weighted by atomic mass is 10.1. The maximum atomic E-state index is 13.8. The van der Waals surface area contributed by atoms with Crippen molar-refractivity contribution < 1.29 is 31.8 Å². The highest BCUT2D eigenvalue weighted by atomic mass is 32.2. The molecule has 0 amide bonds. The van der Waals surface area contributed by atoms with Crippen molar-refractivity contribution in [1.29, 1.82) is 0 Å². The van der Waals surface area contributed by atoms with Crippen LogP contribution in [0.3, 0.4) is 0 Å². The lowest BCUT2D eigenvalue weighted by Crippen LogP contribution is -2.16. The number of fused-ring (bicyclic) bond motifs is 1. The van der Waals surface area contributed by atoms with Crippen LogP contribution in [0.15, 0.2) is 75.0 Å². The minimum Gasteiger partial charge on any atom is -0.493 e. The molecule has 0 saturated carbocycles. The number of aryl methyl sites for hydroxylation is 1. The van der Waals surface area contributed by atoms with E-state index >= 15 is 0 Å². The molecule has 4 aromatic rings. The Hall–Kier alpha value is -4.18. The number of nitrogens with one attached hydrogen (secondary N) is 1. The molecule has 10 heteroatoms. The minimum atomic E-state index is -4.06. The highest BCUT2D eigenvalue weighted by Gasteiger charge is 2.30. The fourth-order valence-corrected chi connectivity index (χ4v) is 5.48. The summed E-state index contributed by atoms with van der Waals surface area (Å²) in [6.07, 6.45) is 0.574. The van der Waals surface area contributed by atoms with Crippen LogP contribution in [-0.2, 0) is 16.3 Å². The molecule has 1 aliphatic rings. The lowest BCUT2D eigenvalue weighted by molar-refractivity contribution is 0.171. The van der Waals surface area contributed by atoms with E-state index in [4.69, 9.17) is 23.4 Å². The van der Waals surface area contributed by atoms with Crippen LogP contribution in [0, 0.1) is 6.92 Å². The van der Waals surface area contributed by atoms with Crippen LogP contribution in [0.1, 0.15) is 11.1 Å². The average molecular weight is 537 g/mol. The molecule has 2 heterocycles. The van der Waals surface area contributed by atoms with Gasteiger partial charge in [0.05, 0.1) is 19.1 Å². The number of benzene rings is 3. The first-order chi connectivity index (χ1) is 18.4. The van der Waals surface area contributed by atoms with Crippen molar-refractivity contribution in [2.24, 2.45) is 0 Å². The summed E-state index contributed by atoms with van der Waals surface area (Å²) >= 11 is 0. The molecule has 198 valence electrons. The van der Waals surface area contributed by atoms with Crippen molar-refractivity contribution in [3.05, 3.63) is 71.8 Å². The molecule has 0 unspecified atom stereocenters. The number of nitrogens with zero attached hydrogens (tertiary/aromatic N) is 1. The fourth-order valence-electron chi connectivity index (χ4n) is 4.19. The van der Waals surface area contributed by atoms with E-state index in [1.54, 1.807) is 20.3 Å². The van der Waals surface area contributed by atoms with Gasteiger partial charge in [-0.25, -0.2) is 8.42 Å². The molecule has 0 spiro atoms. The highest BCUT2D eigenvalue weighted by molar-refractivity contribution is 7.91. The molecule has 0 atom stereocenters. The minimum absolute atomic E-state index is 0.0364. The Labute approximate surface area is 221 Å². The largest absolute Gasteiger partial charge is 0.493 e. The van der Waals surface area contributed by atoms with Crippen molar-refractivity contribution in [2.75, 3.05) is 39.3 Å². The van der Waals surface area contributed by atoms with E-state index < -0.39 is 9.84 Å². The molecule has 1 aliphatic heterocycles. The normalized spacial score (nSPS) is 12.7. The molecule has 3 aromatic carbocycles. The van der Waals surface area contributed by atoms with Gasteiger partial charge < -0.3 is 28.7 Å². The zero-order valence-electron chi connectivity index (χ0n) is 21.3. The molecule has 0 bridgehead atoms. The van der Waals surface area contributed by atoms with E-state index in [0.717, 1.165) is 11.1 Å². The molecule has 0 saturated heterocycles. The number of methoxy groups -OCH3 is 2. The predicted molar refractivity (Wildman–Crippen MR) is 141 cm³/mol. The first-order valence-electron chi connectivity index (χ1n) is 12.1. The second-order valence-corrected chi connectivity index (χ2v) is 10.5. The van der Waals surface area contributed by atoms with Crippen molar-refractivity contribution in [3.8, 4) is 34.5 Å². The third-order valence-electron chi connectivity index (χ3n) is 6.20. The zero-order valence-corrected chi connectivity index (χ0v) is 22.1. The van der Waals surface area contributed by atoms with Gasteiger partial charge in [0.1, 0.15) is 13.2 Å². The number of sulfone groups is 1. The second-order valence-electron chi connectivity index (χ2n) is 8.64.